The SMILES string of the molecule is Cn1c2c(c(=O)n(C)c1=O)C(c1cccc([N+](=O)[O-])c1)C1=C(CC(C)(C)CC1=O)N2. The Labute approximate surface area is 171 Å². The summed E-state index contributed by atoms with van der Waals surface area (Å²) in [5, 5.41) is 14.5. The summed E-state index contributed by atoms with van der Waals surface area (Å²) < 4.78 is 2.34. The number of aromatic nitrogens is 2. The van der Waals surface area contributed by atoms with Crippen molar-refractivity contribution in [2.24, 2.45) is 19.5 Å². The van der Waals surface area contributed by atoms with Gasteiger partial charge in [-0.25, -0.2) is 4.79 Å². The number of ketones is 1. The first kappa shape index (κ1) is 19.8. The van der Waals surface area contributed by atoms with Gasteiger partial charge in [0.15, 0.2) is 5.78 Å². The molecule has 1 N–H and O–H groups in total. The highest BCUT2D eigenvalue weighted by molar-refractivity contribution is 6.01. The van der Waals surface area contributed by atoms with Crippen molar-refractivity contribution >= 4 is 17.3 Å². The number of nitrogens with one attached hydrogen (secondary N) is 1. The number of nitro benzene ring substituents is 1. The van der Waals surface area contributed by atoms with E-state index in [0.717, 1.165) is 4.57 Å². The van der Waals surface area contributed by atoms with Crippen molar-refractivity contribution in [1.29, 1.82) is 0 Å². The monoisotopic (exact) mass is 410 g/mol. The normalized spacial score (nSPS) is 19.7. The Morgan fingerprint density at radius 1 is 1.13 bits per heavy atom. The predicted molar refractivity (Wildman–Crippen MR) is 111 cm³/mol. The van der Waals surface area contributed by atoms with Crippen molar-refractivity contribution in [3.05, 3.63) is 77.6 Å². The van der Waals surface area contributed by atoms with Crippen LogP contribution in [-0.4, -0.2) is 19.8 Å². The Kier molecular flexibility index (Phi) is 4.30. The Bertz CT molecular complexity index is 1270. The lowest BCUT2D eigenvalue weighted by atomic mass is 9.69. The molecule has 2 aliphatic rings. The molecule has 0 amide bonds. The summed E-state index contributed by atoms with van der Waals surface area (Å²) in [7, 11) is 2.94. The predicted octanol–water partition coefficient (Wildman–Crippen LogP) is 2.19. The molecular weight excluding hydrogens is 388 g/mol. The Morgan fingerprint density at radius 3 is 2.50 bits per heavy atom. The molecule has 2 aromatic rings. The smallest absolute Gasteiger partial charge is 0.332 e. The molecule has 1 aliphatic heterocycles. The quantitative estimate of drug-likeness (QED) is 0.599. The average Bonchev–Trinajstić information content (AvgIpc) is 2.68. The number of anilines is 1. The van der Waals surface area contributed by atoms with Crippen molar-refractivity contribution in [1.82, 2.24) is 9.13 Å². The van der Waals surface area contributed by atoms with Crippen LogP contribution in [0.15, 0.2) is 45.1 Å². The lowest BCUT2D eigenvalue weighted by molar-refractivity contribution is -0.384. The molecule has 1 atom stereocenters. The summed E-state index contributed by atoms with van der Waals surface area (Å²) in [6.07, 6.45) is 0.864. The fourth-order valence-corrected chi connectivity index (χ4v) is 4.50. The van der Waals surface area contributed by atoms with Crippen LogP contribution in [0.25, 0.3) is 0 Å². The molecular formula is C21H22N4O5. The number of allylic oxidation sites excluding steroid dienone is 2. The van der Waals surface area contributed by atoms with E-state index in [2.05, 4.69) is 5.32 Å². The highest BCUT2D eigenvalue weighted by atomic mass is 16.6. The first-order chi connectivity index (χ1) is 14.0. The Hall–Kier alpha value is -3.49. The first-order valence-electron chi connectivity index (χ1n) is 9.59. The molecule has 156 valence electrons. The zero-order valence-corrected chi connectivity index (χ0v) is 17.2. The zero-order valence-electron chi connectivity index (χ0n) is 17.2. The van der Waals surface area contributed by atoms with Gasteiger partial charge in [-0.05, 0) is 17.4 Å². The van der Waals surface area contributed by atoms with Gasteiger partial charge in [0.2, 0.25) is 0 Å². The maximum absolute atomic E-state index is 13.2. The van der Waals surface area contributed by atoms with Gasteiger partial charge >= 0.3 is 5.69 Å². The van der Waals surface area contributed by atoms with Crippen LogP contribution in [0.4, 0.5) is 11.5 Å². The third-order valence-electron chi connectivity index (χ3n) is 5.88. The van der Waals surface area contributed by atoms with Crippen molar-refractivity contribution in [3.8, 4) is 0 Å². The topological polar surface area (TPSA) is 116 Å². The highest BCUT2D eigenvalue weighted by Crippen LogP contribution is 2.47. The minimum atomic E-state index is -0.787. The lowest BCUT2D eigenvalue weighted by Gasteiger charge is -2.39. The second kappa shape index (κ2) is 6.51. The minimum absolute atomic E-state index is 0.105. The van der Waals surface area contributed by atoms with E-state index in [9.17, 15) is 24.5 Å². The molecule has 9 nitrogen and oxygen atoms in total. The van der Waals surface area contributed by atoms with Crippen LogP contribution in [0, 0.1) is 15.5 Å². The van der Waals surface area contributed by atoms with Crippen LogP contribution in [-0.2, 0) is 18.9 Å². The van der Waals surface area contributed by atoms with Crippen LogP contribution in [0.2, 0.25) is 0 Å². The summed E-state index contributed by atoms with van der Waals surface area (Å²) in [5.74, 6) is -0.569. The number of fused-ring (bicyclic) bond motifs is 1. The molecule has 0 fully saturated rings. The van der Waals surface area contributed by atoms with E-state index in [-0.39, 0.29) is 22.4 Å². The number of rotatable bonds is 2. The van der Waals surface area contributed by atoms with E-state index in [1.54, 1.807) is 19.2 Å². The molecule has 1 aliphatic carbocycles. The van der Waals surface area contributed by atoms with Crippen molar-refractivity contribution in [2.75, 3.05) is 5.32 Å². The molecule has 0 saturated carbocycles. The van der Waals surface area contributed by atoms with Crippen LogP contribution in [0.3, 0.4) is 0 Å². The molecule has 0 radical (unpaired) electrons. The van der Waals surface area contributed by atoms with Crippen molar-refractivity contribution in [3.63, 3.8) is 0 Å². The second-order valence-electron chi connectivity index (χ2n) is 8.71. The minimum Gasteiger partial charge on any atom is -0.344 e. The summed E-state index contributed by atoms with van der Waals surface area (Å²) in [6.45, 7) is 3.97. The second-order valence-corrected chi connectivity index (χ2v) is 8.71. The fourth-order valence-electron chi connectivity index (χ4n) is 4.50. The van der Waals surface area contributed by atoms with E-state index < -0.39 is 22.1 Å². The van der Waals surface area contributed by atoms with E-state index in [4.69, 9.17) is 0 Å². The standard InChI is InChI=1S/C21H22N4O5/c1-21(2)9-13-16(14(26)10-21)15(11-6-5-7-12(8-11)25(29)30)17-18(22-13)23(3)20(28)24(4)19(17)27/h5-8,15,22H,9-10H2,1-4H3. The molecule has 0 spiro atoms. The number of hydrogen-bond donors (Lipinski definition) is 1. The fraction of sp³-hybridized carbons (Fsp3) is 0.381. The highest BCUT2D eigenvalue weighted by Gasteiger charge is 2.43. The van der Waals surface area contributed by atoms with Gasteiger partial charge in [0.05, 0.1) is 10.5 Å². The summed E-state index contributed by atoms with van der Waals surface area (Å²) >= 11 is 0. The molecule has 4 rings (SSSR count). The maximum atomic E-state index is 13.2. The number of nitrogens with zero attached hydrogens (tertiary/aromatic N) is 3. The average molecular weight is 410 g/mol. The van der Waals surface area contributed by atoms with Gasteiger partial charge in [0, 0.05) is 49.8 Å². The lowest BCUT2D eigenvalue weighted by Crippen LogP contribution is -2.45. The number of Topliss-reactive ketones (excluding diaryl/α,β-unsaturated/α-hetero) is 1. The van der Waals surface area contributed by atoms with E-state index in [0.29, 0.717) is 35.5 Å². The number of carbonyl (C=O) groups is 1. The van der Waals surface area contributed by atoms with E-state index in [1.165, 1.54) is 23.7 Å². The summed E-state index contributed by atoms with van der Waals surface area (Å²) in [5.41, 5.74) is 0.388. The Morgan fingerprint density at radius 2 is 1.83 bits per heavy atom. The van der Waals surface area contributed by atoms with Crippen LogP contribution < -0.4 is 16.6 Å². The molecule has 9 heteroatoms. The third kappa shape index (κ3) is 2.89. The van der Waals surface area contributed by atoms with Gasteiger partial charge in [0.25, 0.3) is 11.2 Å². The van der Waals surface area contributed by atoms with Crippen molar-refractivity contribution in [2.45, 2.75) is 32.6 Å². The van der Waals surface area contributed by atoms with Crippen molar-refractivity contribution < 1.29 is 9.72 Å². The van der Waals surface area contributed by atoms with Gasteiger partial charge in [-0.2, -0.15) is 0 Å². The molecule has 0 saturated heterocycles. The van der Waals surface area contributed by atoms with Crippen LogP contribution in [0.5, 0.6) is 0 Å². The zero-order chi connectivity index (χ0) is 22.0. The molecule has 1 aromatic carbocycles. The van der Waals surface area contributed by atoms with Crippen LogP contribution >= 0.6 is 0 Å². The number of nitro groups is 1. The number of benzene rings is 1. The van der Waals surface area contributed by atoms with Gasteiger partial charge in [-0.1, -0.05) is 26.0 Å². The van der Waals surface area contributed by atoms with Gasteiger partial charge in [-0.15, -0.1) is 0 Å². The van der Waals surface area contributed by atoms with Crippen LogP contribution in [0.1, 0.15) is 43.7 Å². The molecule has 2 heterocycles. The van der Waals surface area contributed by atoms with Gasteiger partial charge in [-0.3, -0.25) is 28.8 Å². The largest absolute Gasteiger partial charge is 0.344 e. The maximum Gasteiger partial charge on any atom is 0.332 e. The Balaban J connectivity index is 2.08. The first-order valence-corrected chi connectivity index (χ1v) is 9.59. The molecule has 1 aromatic heterocycles. The molecule has 0 bridgehead atoms. The molecule has 1 unspecified atom stereocenters. The summed E-state index contributed by atoms with van der Waals surface area (Å²) in [6, 6.07) is 5.97. The summed E-state index contributed by atoms with van der Waals surface area (Å²) in [4.78, 5) is 49.7. The van der Waals surface area contributed by atoms with E-state index >= 15 is 0 Å². The third-order valence-corrected chi connectivity index (χ3v) is 5.88. The number of hydrogen-bond acceptors (Lipinski definition) is 6. The molecule has 30 heavy (non-hydrogen) atoms. The van der Waals surface area contributed by atoms with Gasteiger partial charge < -0.3 is 5.32 Å². The van der Waals surface area contributed by atoms with E-state index in [1.807, 2.05) is 13.8 Å². The van der Waals surface area contributed by atoms with Gasteiger partial charge in [0.1, 0.15) is 5.82 Å². The number of carbonyl (C=O) groups excluding carboxylic acids is 1. The number of non-ortho nitro benzene ring substituents is 1.